The molecule has 0 aliphatic rings. The zero-order valence-corrected chi connectivity index (χ0v) is 11.3. The summed E-state index contributed by atoms with van der Waals surface area (Å²) in [5.41, 5.74) is -0.153. The number of rotatable bonds is 3. The predicted octanol–water partition coefficient (Wildman–Crippen LogP) is 2.29. The van der Waals surface area contributed by atoms with Crippen molar-refractivity contribution in [1.82, 2.24) is 9.78 Å². The molecule has 1 aromatic heterocycles. The van der Waals surface area contributed by atoms with E-state index < -0.39 is 27.2 Å². The summed E-state index contributed by atoms with van der Waals surface area (Å²) in [5.74, 6) is -1.75. The molecule has 2 rings (SSSR count). The molecule has 0 unspecified atom stereocenters. The highest BCUT2D eigenvalue weighted by atomic mass is 35.5. The highest BCUT2D eigenvalue weighted by Gasteiger charge is 2.17. The minimum atomic E-state index is -3.48. The first-order chi connectivity index (χ1) is 8.82. The Morgan fingerprint density at radius 1 is 1.32 bits per heavy atom. The van der Waals surface area contributed by atoms with Crippen LogP contribution in [0.4, 0.5) is 8.78 Å². The van der Waals surface area contributed by atoms with Gasteiger partial charge in [-0.1, -0.05) is 0 Å². The summed E-state index contributed by atoms with van der Waals surface area (Å²) in [5, 5.41) is 3.65. The van der Waals surface area contributed by atoms with Gasteiger partial charge in [-0.2, -0.15) is 5.10 Å². The van der Waals surface area contributed by atoms with Gasteiger partial charge in [0.05, 0.1) is 6.20 Å². The van der Waals surface area contributed by atoms with Crippen LogP contribution >= 0.6 is 11.6 Å². The van der Waals surface area contributed by atoms with E-state index in [4.69, 9.17) is 11.6 Å². The second-order valence-corrected chi connectivity index (χ2v) is 6.22. The van der Waals surface area contributed by atoms with Crippen molar-refractivity contribution in [1.29, 1.82) is 0 Å². The van der Waals surface area contributed by atoms with E-state index in [1.54, 1.807) is 0 Å². The number of hydrogen-bond acceptors (Lipinski definition) is 3. The molecule has 0 saturated heterocycles. The van der Waals surface area contributed by atoms with E-state index in [1.165, 1.54) is 0 Å². The van der Waals surface area contributed by atoms with Crippen LogP contribution in [0.2, 0.25) is 0 Å². The fraction of sp³-hybridized carbons (Fsp3) is 0.182. The predicted molar refractivity (Wildman–Crippen MR) is 66.1 cm³/mol. The maximum Gasteiger partial charge on any atom is 0.178 e. The monoisotopic (exact) mass is 306 g/mol. The van der Waals surface area contributed by atoms with Gasteiger partial charge < -0.3 is 0 Å². The number of aromatic nitrogens is 2. The summed E-state index contributed by atoms with van der Waals surface area (Å²) in [6, 6.07) is 2.15. The molecule has 0 spiro atoms. The smallest absolute Gasteiger partial charge is 0.178 e. The Labute approximate surface area is 113 Å². The summed E-state index contributed by atoms with van der Waals surface area (Å²) in [6.45, 7) is 0. The second-order valence-electron chi connectivity index (χ2n) is 3.93. The average molecular weight is 307 g/mol. The van der Waals surface area contributed by atoms with Gasteiger partial charge in [0.15, 0.2) is 21.5 Å². The molecule has 8 heteroatoms. The van der Waals surface area contributed by atoms with Crippen molar-refractivity contribution in [3.63, 3.8) is 0 Å². The van der Waals surface area contributed by atoms with Crippen LogP contribution in [0.15, 0.2) is 29.4 Å². The third kappa shape index (κ3) is 2.76. The Kier molecular flexibility index (Phi) is 3.60. The van der Waals surface area contributed by atoms with E-state index in [0.717, 1.165) is 35.5 Å². The van der Waals surface area contributed by atoms with Gasteiger partial charge in [-0.3, -0.25) is 0 Å². The van der Waals surface area contributed by atoms with E-state index in [0.29, 0.717) is 0 Å². The number of benzene rings is 1. The third-order valence-electron chi connectivity index (χ3n) is 2.45. The SMILES string of the molecule is CS(=O)(=O)c1cnn(-c2c(F)cc(CCl)cc2F)c1. The van der Waals surface area contributed by atoms with Crippen LogP contribution in [0.1, 0.15) is 5.56 Å². The van der Waals surface area contributed by atoms with Crippen LogP contribution in [0, 0.1) is 11.6 Å². The van der Waals surface area contributed by atoms with Gasteiger partial charge in [0.25, 0.3) is 0 Å². The summed E-state index contributed by atoms with van der Waals surface area (Å²) in [4.78, 5) is -0.118. The van der Waals surface area contributed by atoms with Crippen molar-refractivity contribution in [2.24, 2.45) is 0 Å². The number of nitrogens with zero attached hydrogens (tertiary/aromatic N) is 2. The largest absolute Gasteiger partial charge is 0.234 e. The van der Waals surface area contributed by atoms with Gasteiger partial charge in [0.1, 0.15) is 10.6 Å². The molecule has 0 saturated carbocycles. The lowest BCUT2D eigenvalue weighted by atomic mass is 10.2. The van der Waals surface area contributed by atoms with Crippen LogP contribution in [-0.2, 0) is 15.7 Å². The van der Waals surface area contributed by atoms with Crippen molar-refractivity contribution in [3.05, 3.63) is 41.7 Å². The number of sulfone groups is 1. The molecule has 19 heavy (non-hydrogen) atoms. The lowest BCUT2D eigenvalue weighted by molar-refractivity contribution is 0.557. The van der Waals surface area contributed by atoms with Crippen molar-refractivity contribution in [2.45, 2.75) is 10.8 Å². The van der Waals surface area contributed by atoms with Crippen LogP contribution in [0.5, 0.6) is 0 Å². The lowest BCUT2D eigenvalue weighted by Crippen LogP contribution is -2.03. The highest BCUT2D eigenvalue weighted by molar-refractivity contribution is 7.90. The normalized spacial score (nSPS) is 11.8. The van der Waals surface area contributed by atoms with E-state index >= 15 is 0 Å². The van der Waals surface area contributed by atoms with E-state index in [1.807, 2.05) is 0 Å². The number of alkyl halides is 1. The van der Waals surface area contributed by atoms with Crippen molar-refractivity contribution < 1.29 is 17.2 Å². The number of halogens is 3. The van der Waals surface area contributed by atoms with Gasteiger partial charge in [-0.05, 0) is 17.7 Å². The Morgan fingerprint density at radius 3 is 2.32 bits per heavy atom. The van der Waals surface area contributed by atoms with Crippen molar-refractivity contribution in [3.8, 4) is 5.69 Å². The molecule has 1 heterocycles. The lowest BCUT2D eigenvalue weighted by Gasteiger charge is -2.06. The molecule has 0 radical (unpaired) electrons. The molecular formula is C11H9ClF2N2O2S. The van der Waals surface area contributed by atoms with Crippen molar-refractivity contribution >= 4 is 21.4 Å². The first kappa shape index (κ1) is 14.0. The number of hydrogen-bond donors (Lipinski definition) is 0. The van der Waals surface area contributed by atoms with Crippen LogP contribution in [0.25, 0.3) is 5.69 Å². The Morgan fingerprint density at radius 2 is 1.89 bits per heavy atom. The minimum Gasteiger partial charge on any atom is -0.234 e. The quantitative estimate of drug-likeness (QED) is 0.818. The summed E-state index contributed by atoms with van der Waals surface area (Å²) >= 11 is 5.50. The average Bonchev–Trinajstić information content (AvgIpc) is 2.76. The summed E-state index contributed by atoms with van der Waals surface area (Å²) in [6.07, 6.45) is 3.07. The zero-order valence-electron chi connectivity index (χ0n) is 9.77. The molecule has 0 bridgehead atoms. The van der Waals surface area contributed by atoms with Gasteiger partial charge in [0.2, 0.25) is 0 Å². The van der Waals surface area contributed by atoms with E-state index in [2.05, 4.69) is 5.10 Å². The maximum atomic E-state index is 13.8. The molecule has 0 N–H and O–H groups in total. The molecule has 0 aliphatic carbocycles. The molecular weight excluding hydrogens is 298 g/mol. The van der Waals surface area contributed by atoms with Crippen LogP contribution in [0.3, 0.4) is 0 Å². The third-order valence-corrected chi connectivity index (χ3v) is 3.82. The molecule has 0 aliphatic heterocycles. The molecule has 0 fully saturated rings. The fourth-order valence-electron chi connectivity index (χ4n) is 1.53. The molecule has 102 valence electrons. The first-order valence-electron chi connectivity index (χ1n) is 5.12. The molecule has 4 nitrogen and oxygen atoms in total. The van der Waals surface area contributed by atoms with Gasteiger partial charge in [-0.15, -0.1) is 11.6 Å². The minimum absolute atomic E-state index is 0.0260. The molecule has 0 atom stereocenters. The fourth-order valence-corrected chi connectivity index (χ4v) is 2.22. The first-order valence-corrected chi connectivity index (χ1v) is 7.54. The Bertz CT molecular complexity index is 705. The Hall–Kier alpha value is -1.47. The summed E-state index contributed by atoms with van der Waals surface area (Å²) in [7, 11) is -3.48. The van der Waals surface area contributed by atoms with Crippen LogP contribution in [-0.4, -0.2) is 24.5 Å². The van der Waals surface area contributed by atoms with Gasteiger partial charge in [-0.25, -0.2) is 21.9 Å². The zero-order chi connectivity index (χ0) is 14.2. The maximum absolute atomic E-state index is 13.8. The van der Waals surface area contributed by atoms with E-state index in [-0.39, 0.29) is 16.3 Å². The standard InChI is InChI=1S/C11H9ClF2N2O2S/c1-19(17,18)8-5-15-16(6-8)11-9(13)2-7(4-12)3-10(11)14/h2-3,5-6H,4H2,1H3. The van der Waals surface area contributed by atoms with Gasteiger partial charge in [0, 0.05) is 18.3 Å². The summed E-state index contributed by atoms with van der Waals surface area (Å²) < 4.78 is 51.0. The van der Waals surface area contributed by atoms with Crippen molar-refractivity contribution in [2.75, 3.05) is 6.26 Å². The molecule has 0 amide bonds. The highest BCUT2D eigenvalue weighted by Crippen LogP contribution is 2.21. The van der Waals surface area contributed by atoms with Gasteiger partial charge >= 0.3 is 0 Å². The molecule has 2 aromatic rings. The van der Waals surface area contributed by atoms with E-state index in [9.17, 15) is 17.2 Å². The molecule has 1 aromatic carbocycles. The Balaban J connectivity index is 2.57. The van der Waals surface area contributed by atoms with Crippen LogP contribution < -0.4 is 0 Å². The second kappa shape index (κ2) is 4.90. The topological polar surface area (TPSA) is 52.0 Å².